The molecule has 0 aliphatic carbocycles. The number of methoxy groups -OCH3 is 1. The van der Waals surface area contributed by atoms with Crippen molar-refractivity contribution in [1.29, 1.82) is 0 Å². The quantitative estimate of drug-likeness (QED) is 0.163. The van der Waals surface area contributed by atoms with Crippen LogP contribution in [0.5, 0.6) is 5.75 Å². The number of halogens is 1. The van der Waals surface area contributed by atoms with E-state index in [0.717, 1.165) is 78.7 Å². The van der Waals surface area contributed by atoms with E-state index in [2.05, 4.69) is 34.5 Å². The van der Waals surface area contributed by atoms with E-state index in [1.54, 1.807) is 7.11 Å². The summed E-state index contributed by atoms with van der Waals surface area (Å²) in [6.45, 7) is 5.15. The molecule has 0 amide bonds. The first-order valence-corrected chi connectivity index (χ1v) is 13.0. The predicted octanol–water partition coefficient (Wildman–Crippen LogP) is 5.55. The fourth-order valence-corrected chi connectivity index (χ4v) is 4.66. The molecule has 1 aromatic heterocycles. The highest BCUT2D eigenvalue weighted by Gasteiger charge is 2.11. The van der Waals surface area contributed by atoms with Gasteiger partial charge in [-0.25, -0.2) is 4.98 Å². The van der Waals surface area contributed by atoms with E-state index in [1.165, 1.54) is 11.1 Å². The Hall–Kier alpha value is -2.90. The second-order valence-corrected chi connectivity index (χ2v) is 9.55. The van der Waals surface area contributed by atoms with Crippen molar-refractivity contribution in [3.8, 4) is 5.75 Å². The van der Waals surface area contributed by atoms with Crippen molar-refractivity contribution >= 4 is 39.1 Å². The monoisotopic (exact) mass is 505 g/mol. The number of anilines is 1. The van der Waals surface area contributed by atoms with E-state index >= 15 is 0 Å². The van der Waals surface area contributed by atoms with Crippen LogP contribution in [0, 0.1) is 0 Å². The Kier molecular flexibility index (Phi) is 9.36. The summed E-state index contributed by atoms with van der Waals surface area (Å²) in [4.78, 5) is 7.29. The molecule has 0 fully saturated rings. The van der Waals surface area contributed by atoms with Gasteiger partial charge in [0.25, 0.3) is 0 Å². The summed E-state index contributed by atoms with van der Waals surface area (Å²) in [6.07, 6.45) is 3.18. The lowest BCUT2D eigenvalue weighted by Gasteiger charge is -2.22. The zero-order valence-corrected chi connectivity index (χ0v) is 21.7. The Morgan fingerprint density at radius 1 is 0.833 bits per heavy atom. The van der Waals surface area contributed by atoms with Gasteiger partial charge in [0.1, 0.15) is 5.75 Å². The van der Waals surface area contributed by atoms with Gasteiger partial charge in [-0.05, 0) is 93.0 Å². The van der Waals surface area contributed by atoms with Crippen LogP contribution >= 0.6 is 11.6 Å². The van der Waals surface area contributed by atoms with E-state index in [-0.39, 0.29) is 0 Å². The first-order valence-electron chi connectivity index (χ1n) is 12.6. The van der Waals surface area contributed by atoms with Gasteiger partial charge < -0.3 is 21.5 Å². The van der Waals surface area contributed by atoms with Gasteiger partial charge in [0, 0.05) is 28.9 Å². The van der Waals surface area contributed by atoms with Crippen LogP contribution in [0.3, 0.4) is 0 Å². The van der Waals surface area contributed by atoms with Gasteiger partial charge in [0.15, 0.2) is 0 Å². The number of benzene rings is 3. The molecule has 5 N–H and O–H groups in total. The van der Waals surface area contributed by atoms with Crippen LogP contribution in [-0.2, 0) is 13.1 Å². The average Bonchev–Trinajstić information content (AvgIpc) is 2.90. The van der Waals surface area contributed by atoms with Crippen LogP contribution in [0.4, 0.5) is 5.69 Å². The molecule has 0 saturated carbocycles. The minimum absolute atomic E-state index is 0.674. The first kappa shape index (κ1) is 26.2. The maximum absolute atomic E-state index is 6.26. The number of nitrogens with zero attached hydrogens (tertiary/aromatic N) is 2. The lowest BCUT2D eigenvalue weighted by Crippen LogP contribution is -2.27. The van der Waals surface area contributed by atoms with Crippen molar-refractivity contribution in [2.24, 2.45) is 11.5 Å². The van der Waals surface area contributed by atoms with Crippen molar-refractivity contribution in [2.75, 3.05) is 38.6 Å². The van der Waals surface area contributed by atoms with E-state index < -0.39 is 0 Å². The number of nitrogens with one attached hydrogen (secondary N) is 1. The number of fused-ring (bicyclic) bond motifs is 2. The van der Waals surface area contributed by atoms with Crippen LogP contribution in [-0.4, -0.2) is 43.2 Å². The van der Waals surface area contributed by atoms with Crippen LogP contribution in [0.2, 0.25) is 5.02 Å². The minimum atomic E-state index is 0.674. The average molecular weight is 506 g/mol. The Balaban J connectivity index is 1.52. The molecule has 1 heterocycles. The molecule has 0 radical (unpaired) electrons. The van der Waals surface area contributed by atoms with E-state index in [0.29, 0.717) is 18.1 Å². The van der Waals surface area contributed by atoms with Gasteiger partial charge in [-0.1, -0.05) is 35.9 Å². The topological polar surface area (TPSA) is 89.4 Å². The standard InChI is InChI=1S/C29H36ClN5O/c1-36-24-10-12-27-26(18-24)29(25-11-9-23(30)17-28(25)34-27)33-19-21-5-7-22(8-6-21)20-35(16-4-14-32)15-3-2-13-31/h5-12,17-18H,2-4,13-16,19-20,31-32H2,1H3,(H,33,34). The van der Waals surface area contributed by atoms with Crippen LogP contribution in [0.15, 0.2) is 60.7 Å². The summed E-state index contributed by atoms with van der Waals surface area (Å²) in [7, 11) is 1.68. The Morgan fingerprint density at radius 2 is 1.58 bits per heavy atom. The smallest absolute Gasteiger partial charge is 0.119 e. The summed E-state index contributed by atoms with van der Waals surface area (Å²) in [6, 6.07) is 20.6. The highest BCUT2D eigenvalue weighted by Crippen LogP contribution is 2.34. The molecule has 190 valence electrons. The number of ether oxygens (including phenoxy) is 1. The lowest BCUT2D eigenvalue weighted by molar-refractivity contribution is 0.258. The van der Waals surface area contributed by atoms with Crippen molar-refractivity contribution in [3.05, 3.63) is 76.8 Å². The molecular weight excluding hydrogens is 470 g/mol. The third kappa shape index (κ3) is 6.65. The first-order chi connectivity index (χ1) is 17.6. The molecule has 7 heteroatoms. The number of hydrogen-bond acceptors (Lipinski definition) is 6. The van der Waals surface area contributed by atoms with Gasteiger partial charge >= 0.3 is 0 Å². The second-order valence-electron chi connectivity index (χ2n) is 9.12. The molecule has 6 nitrogen and oxygen atoms in total. The maximum atomic E-state index is 6.26. The van der Waals surface area contributed by atoms with E-state index in [9.17, 15) is 0 Å². The molecule has 36 heavy (non-hydrogen) atoms. The molecule has 0 unspecified atom stereocenters. The number of aromatic nitrogens is 1. The predicted molar refractivity (Wildman–Crippen MR) is 152 cm³/mol. The lowest BCUT2D eigenvalue weighted by atomic mass is 10.1. The van der Waals surface area contributed by atoms with Gasteiger partial charge in [-0.2, -0.15) is 0 Å². The largest absolute Gasteiger partial charge is 0.497 e. The Labute approximate surface area is 218 Å². The van der Waals surface area contributed by atoms with Crippen molar-refractivity contribution in [1.82, 2.24) is 9.88 Å². The summed E-state index contributed by atoms with van der Waals surface area (Å²) in [5, 5.41) is 6.39. The molecule has 3 aromatic carbocycles. The molecule has 4 aromatic rings. The summed E-state index contributed by atoms with van der Waals surface area (Å²) < 4.78 is 5.48. The van der Waals surface area contributed by atoms with Crippen LogP contribution in [0.25, 0.3) is 21.8 Å². The number of pyridine rings is 1. The van der Waals surface area contributed by atoms with Gasteiger partial charge in [-0.15, -0.1) is 0 Å². The van der Waals surface area contributed by atoms with E-state index in [4.69, 9.17) is 32.8 Å². The normalized spacial score (nSPS) is 11.5. The van der Waals surface area contributed by atoms with Crippen LogP contribution in [0.1, 0.15) is 30.4 Å². The second kappa shape index (κ2) is 12.9. The number of unbranched alkanes of at least 4 members (excludes halogenated alkanes) is 1. The summed E-state index contributed by atoms with van der Waals surface area (Å²) in [5.41, 5.74) is 16.7. The molecule has 4 rings (SSSR count). The third-order valence-corrected chi connectivity index (χ3v) is 6.68. The molecule has 0 saturated heterocycles. The van der Waals surface area contributed by atoms with Gasteiger partial charge in [-0.3, -0.25) is 4.90 Å². The van der Waals surface area contributed by atoms with Crippen molar-refractivity contribution in [3.63, 3.8) is 0 Å². The molecular formula is C29H36ClN5O. The number of nitrogens with two attached hydrogens (primary N) is 2. The molecule has 0 spiro atoms. The summed E-state index contributed by atoms with van der Waals surface area (Å²) in [5.74, 6) is 0.802. The highest BCUT2D eigenvalue weighted by atomic mass is 35.5. The highest BCUT2D eigenvalue weighted by molar-refractivity contribution is 6.31. The fraction of sp³-hybridized carbons (Fsp3) is 0.345. The zero-order chi connectivity index (χ0) is 25.3. The van der Waals surface area contributed by atoms with E-state index in [1.807, 2.05) is 36.4 Å². The molecule has 0 aliphatic rings. The van der Waals surface area contributed by atoms with Gasteiger partial charge in [0.2, 0.25) is 0 Å². The maximum Gasteiger partial charge on any atom is 0.119 e. The van der Waals surface area contributed by atoms with Gasteiger partial charge in [0.05, 0.1) is 23.8 Å². The molecule has 0 aliphatic heterocycles. The van der Waals surface area contributed by atoms with Crippen LogP contribution < -0.4 is 21.5 Å². The molecule has 0 bridgehead atoms. The SMILES string of the molecule is COc1ccc2nc3cc(Cl)ccc3c(NCc3ccc(CN(CCCN)CCCCN)cc3)c2c1. The Morgan fingerprint density at radius 3 is 2.33 bits per heavy atom. The minimum Gasteiger partial charge on any atom is -0.497 e. The summed E-state index contributed by atoms with van der Waals surface area (Å²) >= 11 is 6.26. The number of hydrogen-bond donors (Lipinski definition) is 3. The number of rotatable bonds is 13. The third-order valence-electron chi connectivity index (χ3n) is 6.45. The van der Waals surface area contributed by atoms with Crippen molar-refractivity contribution in [2.45, 2.75) is 32.4 Å². The fourth-order valence-electron chi connectivity index (χ4n) is 4.49. The Bertz CT molecular complexity index is 1280. The molecule has 0 atom stereocenters. The zero-order valence-electron chi connectivity index (χ0n) is 21.0. The van der Waals surface area contributed by atoms with Crippen molar-refractivity contribution < 1.29 is 4.74 Å².